The summed E-state index contributed by atoms with van der Waals surface area (Å²) in [5, 5.41) is 2.49. The summed E-state index contributed by atoms with van der Waals surface area (Å²) in [6, 6.07) is 7.75. The Hall–Kier alpha value is -1.51. The molecule has 3 heteroatoms. The van der Waals surface area contributed by atoms with Gasteiger partial charge in [-0.3, -0.25) is 4.79 Å². The van der Waals surface area contributed by atoms with Gasteiger partial charge in [-0.05, 0) is 24.1 Å². The minimum Gasteiger partial charge on any atom is -0.484 e. The molecule has 0 fully saturated rings. The average Bonchev–Trinajstić information content (AvgIpc) is 2.26. The lowest BCUT2D eigenvalue weighted by atomic mass is 10.2. The Balaban J connectivity index is 2.47. The molecule has 0 heterocycles. The van der Waals surface area contributed by atoms with Crippen molar-refractivity contribution in [3.05, 3.63) is 29.8 Å². The number of aryl methyl sites for hydroxylation is 1. The maximum Gasteiger partial charge on any atom is 0.257 e. The molecule has 0 bridgehead atoms. The molecule has 0 aliphatic carbocycles. The van der Waals surface area contributed by atoms with Crippen LogP contribution in [0, 0.1) is 0 Å². The molecule has 76 valence electrons. The quantitative estimate of drug-likeness (QED) is 0.784. The molecule has 1 aromatic rings. The maximum atomic E-state index is 10.9. The highest BCUT2D eigenvalue weighted by Crippen LogP contribution is 2.11. The van der Waals surface area contributed by atoms with Gasteiger partial charge in [-0.15, -0.1) is 0 Å². The topological polar surface area (TPSA) is 38.3 Å². The molecular weight excluding hydrogens is 178 g/mol. The predicted molar refractivity (Wildman–Crippen MR) is 55.4 cm³/mol. The lowest BCUT2D eigenvalue weighted by Gasteiger charge is -2.05. The molecule has 0 aliphatic heterocycles. The number of amides is 1. The van der Waals surface area contributed by atoms with Crippen LogP contribution in [0.3, 0.4) is 0 Å². The van der Waals surface area contributed by atoms with Crippen molar-refractivity contribution < 1.29 is 9.53 Å². The summed E-state index contributed by atoms with van der Waals surface area (Å²) in [5.41, 5.74) is 1.26. The number of benzene rings is 1. The third kappa shape index (κ3) is 3.09. The highest BCUT2D eigenvalue weighted by molar-refractivity contribution is 5.77. The molecule has 0 aromatic heterocycles. The Labute approximate surface area is 84.1 Å². The van der Waals surface area contributed by atoms with Crippen molar-refractivity contribution >= 4 is 5.91 Å². The number of rotatable bonds is 4. The van der Waals surface area contributed by atoms with Gasteiger partial charge >= 0.3 is 0 Å². The Morgan fingerprint density at radius 3 is 2.50 bits per heavy atom. The zero-order valence-corrected chi connectivity index (χ0v) is 8.54. The predicted octanol–water partition coefficient (Wildman–Crippen LogP) is 1.37. The summed E-state index contributed by atoms with van der Waals surface area (Å²) in [4.78, 5) is 10.9. The van der Waals surface area contributed by atoms with Gasteiger partial charge in [0.15, 0.2) is 6.61 Å². The second kappa shape index (κ2) is 5.27. The van der Waals surface area contributed by atoms with Gasteiger partial charge in [-0.25, -0.2) is 0 Å². The fraction of sp³-hybridized carbons (Fsp3) is 0.364. The molecule has 14 heavy (non-hydrogen) atoms. The van der Waals surface area contributed by atoms with Crippen LogP contribution in [0.25, 0.3) is 0 Å². The molecular formula is C11H15NO2. The van der Waals surface area contributed by atoms with Gasteiger partial charge in [0.05, 0.1) is 0 Å². The van der Waals surface area contributed by atoms with E-state index in [0.717, 1.165) is 12.2 Å². The molecule has 1 N–H and O–H groups in total. The van der Waals surface area contributed by atoms with Gasteiger partial charge in [0.1, 0.15) is 5.75 Å². The zero-order valence-electron chi connectivity index (χ0n) is 8.54. The molecule has 1 rings (SSSR count). The molecule has 1 aromatic carbocycles. The van der Waals surface area contributed by atoms with Gasteiger partial charge in [-0.2, -0.15) is 0 Å². The van der Waals surface area contributed by atoms with Crippen LogP contribution in [-0.2, 0) is 11.2 Å². The van der Waals surface area contributed by atoms with E-state index in [-0.39, 0.29) is 12.5 Å². The Kier molecular flexibility index (Phi) is 3.98. The molecule has 1 amide bonds. The molecule has 3 nitrogen and oxygen atoms in total. The van der Waals surface area contributed by atoms with Gasteiger partial charge in [0.2, 0.25) is 0 Å². The fourth-order valence-electron chi connectivity index (χ4n) is 1.04. The van der Waals surface area contributed by atoms with Crippen molar-refractivity contribution in [3.8, 4) is 5.75 Å². The van der Waals surface area contributed by atoms with Crippen LogP contribution in [0.4, 0.5) is 0 Å². The first kappa shape index (κ1) is 10.6. The van der Waals surface area contributed by atoms with E-state index in [1.54, 1.807) is 7.05 Å². The summed E-state index contributed by atoms with van der Waals surface area (Å²) >= 11 is 0. The summed E-state index contributed by atoms with van der Waals surface area (Å²) in [6.07, 6.45) is 1.01. The molecule has 0 saturated heterocycles. The van der Waals surface area contributed by atoms with E-state index in [2.05, 4.69) is 12.2 Å². The van der Waals surface area contributed by atoms with Crippen LogP contribution in [0.5, 0.6) is 5.75 Å². The number of nitrogens with one attached hydrogen (secondary N) is 1. The maximum absolute atomic E-state index is 10.9. The Bertz CT molecular complexity index is 293. The highest BCUT2D eigenvalue weighted by Gasteiger charge is 1.98. The minimum absolute atomic E-state index is 0.0714. The van der Waals surface area contributed by atoms with Crippen molar-refractivity contribution in [2.75, 3.05) is 13.7 Å². The van der Waals surface area contributed by atoms with Crippen LogP contribution >= 0.6 is 0 Å². The molecule has 0 unspecified atom stereocenters. The highest BCUT2D eigenvalue weighted by atomic mass is 16.5. The molecule has 0 aliphatic rings. The van der Waals surface area contributed by atoms with Crippen molar-refractivity contribution in [2.45, 2.75) is 13.3 Å². The molecule has 0 saturated carbocycles. The van der Waals surface area contributed by atoms with Crippen molar-refractivity contribution in [2.24, 2.45) is 0 Å². The van der Waals surface area contributed by atoms with E-state index in [9.17, 15) is 4.79 Å². The molecule has 0 radical (unpaired) electrons. The average molecular weight is 193 g/mol. The fourth-order valence-corrected chi connectivity index (χ4v) is 1.04. The third-order valence-corrected chi connectivity index (χ3v) is 1.98. The summed E-state index contributed by atoms with van der Waals surface area (Å²) in [6.45, 7) is 2.17. The number of ether oxygens (including phenoxy) is 1. The van der Waals surface area contributed by atoms with Gasteiger partial charge in [0, 0.05) is 7.05 Å². The third-order valence-electron chi connectivity index (χ3n) is 1.98. The van der Waals surface area contributed by atoms with Crippen molar-refractivity contribution in [3.63, 3.8) is 0 Å². The summed E-state index contributed by atoms with van der Waals surface area (Å²) < 4.78 is 5.25. The molecule has 0 spiro atoms. The number of likely N-dealkylation sites (N-methyl/N-ethyl adjacent to an activating group) is 1. The SMILES string of the molecule is CCc1ccc(OCC(=O)NC)cc1. The zero-order chi connectivity index (χ0) is 10.4. The largest absolute Gasteiger partial charge is 0.484 e. The van der Waals surface area contributed by atoms with Gasteiger partial charge in [0.25, 0.3) is 5.91 Å². The van der Waals surface area contributed by atoms with E-state index in [0.29, 0.717) is 0 Å². The van der Waals surface area contributed by atoms with Crippen LogP contribution < -0.4 is 10.1 Å². The number of hydrogen-bond donors (Lipinski definition) is 1. The standard InChI is InChI=1S/C11H15NO2/c1-3-9-4-6-10(7-5-9)14-8-11(13)12-2/h4-7H,3,8H2,1-2H3,(H,12,13). The lowest BCUT2D eigenvalue weighted by Crippen LogP contribution is -2.24. The molecule has 0 atom stereocenters. The van der Waals surface area contributed by atoms with Crippen LogP contribution in [0.1, 0.15) is 12.5 Å². The minimum atomic E-state index is -0.121. The Morgan fingerprint density at radius 1 is 1.36 bits per heavy atom. The monoisotopic (exact) mass is 193 g/mol. The smallest absolute Gasteiger partial charge is 0.257 e. The van der Waals surface area contributed by atoms with E-state index < -0.39 is 0 Å². The van der Waals surface area contributed by atoms with Crippen LogP contribution in [0.15, 0.2) is 24.3 Å². The first-order chi connectivity index (χ1) is 6.76. The van der Waals surface area contributed by atoms with E-state index in [4.69, 9.17) is 4.74 Å². The van der Waals surface area contributed by atoms with E-state index in [1.165, 1.54) is 5.56 Å². The van der Waals surface area contributed by atoms with Crippen molar-refractivity contribution in [1.29, 1.82) is 0 Å². The second-order valence-corrected chi connectivity index (χ2v) is 2.96. The lowest BCUT2D eigenvalue weighted by molar-refractivity contribution is -0.122. The van der Waals surface area contributed by atoms with E-state index >= 15 is 0 Å². The normalized spacial score (nSPS) is 9.57. The first-order valence-corrected chi connectivity index (χ1v) is 4.68. The van der Waals surface area contributed by atoms with E-state index in [1.807, 2.05) is 24.3 Å². The first-order valence-electron chi connectivity index (χ1n) is 4.68. The van der Waals surface area contributed by atoms with Crippen LogP contribution in [-0.4, -0.2) is 19.6 Å². The number of hydrogen-bond acceptors (Lipinski definition) is 2. The van der Waals surface area contributed by atoms with Gasteiger partial charge in [-0.1, -0.05) is 19.1 Å². The van der Waals surface area contributed by atoms with Crippen LogP contribution in [0.2, 0.25) is 0 Å². The Morgan fingerprint density at radius 2 is 2.00 bits per heavy atom. The second-order valence-electron chi connectivity index (χ2n) is 2.96. The summed E-state index contributed by atoms with van der Waals surface area (Å²) in [7, 11) is 1.59. The van der Waals surface area contributed by atoms with Gasteiger partial charge < -0.3 is 10.1 Å². The van der Waals surface area contributed by atoms with Crippen molar-refractivity contribution in [1.82, 2.24) is 5.32 Å². The summed E-state index contributed by atoms with van der Waals surface area (Å²) in [5.74, 6) is 0.607. The number of carbonyl (C=O) groups excluding carboxylic acids is 1. The number of carbonyl (C=O) groups is 1.